The molecule has 0 rings (SSSR count). The molecule has 17 heavy (non-hydrogen) atoms. The third-order valence-electron chi connectivity index (χ3n) is 2.49. The molecule has 1 N–H and O–H groups in total. The summed E-state index contributed by atoms with van der Waals surface area (Å²) in [4.78, 5) is 0. The van der Waals surface area contributed by atoms with Gasteiger partial charge in [-0.25, -0.2) is 0 Å². The lowest BCUT2D eigenvalue weighted by Gasteiger charge is -1.94. The van der Waals surface area contributed by atoms with E-state index in [4.69, 9.17) is 0 Å². The van der Waals surface area contributed by atoms with Gasteiger partial charge in [-0.15, -0.1) is 0 Å². The average molecular weight is 234 g/mol. The van der Waals surface area contributed by atoms with Crippen LogP contribution in [0.3, 0.4) is 0 Å². The summed E-state index contributed by atoms with van der Waals surface area (Å²) < 4.78 is 0. The van der Waals surface area contributed by atoms with E-state index in [-0.39, 0.29) is 0 Å². The second-order valence-electron chi connectivity index (χ2n) is 4.03. The molecule has 0 aliphatic rings. The Morgan fingerprint density at radius 2 is 1.65 bits per heavy atom. The number of hydrogen-bond acceptors (Lipinski definition) is 1. The van der Waals surface area contributed by atoms with E-state index >= 15 is 0 Å². The molecule has 0 aliphatic carbocycles. The Morgan fingerprint density at radius 3 is 2.29 bits per heavy atom. The second-order valence-corrected chi connectivity index (χ2v) is 4.03. The summed E-state index contributed by atoms with van der Waals surface area (Å²) >= 11 is 0. The van der Waals surface area contributed by atoms with Gasteiger partial charge in [0.1, 0.15) is 0 Å². The number of hydrogen-bond donors (Lipinski definition) is 1. The van der Waals surface area contributed by atoms with Gasteiger partial charge in [0.05, 0.1) is 5.76 Å². The van der Waals surface area contributed by atoms with Crippen LogP contribution in [0, 0.1) is 0 Å². The van der Waals surface area contributed by atoms with Crippen molar-refractivity contribution >= 4 is 0 Å². The van der Waals surface area contributed by atoms with E-state index in [2.05, 4.69) is 25.2 Å². The van der Waals surface area contributed by atoms with Gasteiger partial charge in [0.15, 0.2) is 0 Å². The van der Waals surface area contributed by atoms with Crippen molar-refractivity contribution in [2.45, 2.75) is 52.4 Å². The predicted octanol–water partition coefficient (Wildman–Crippen LogP) is 5.48. The van der Waals surface area contributed by atoms with Crippen LogP contribution in [0.15, 0.2) is 48.3 Å². The SMILES string of the molecule is C/C=C/CCCCC/C=C/C=C/C=C(/O)CC. The lowest BCUT2D eigenvalue weighted by molar-refractivity contribution is 0.395. The van der Waals surface area contributed by atoms with Crippen LogP contribution in [-0.4, -0.2) is 5.11 Å². The summed E-state index contributed by atoms with van der Waals surface area (Å²) in [6, 6.07) is 0. The first kappa shape index (κ1) is 15.8. The van der Waals surface area contributed by atoms with Crippen molar-refractivity contribution in [3.8, 4) is 0 Å². The van der Waals surface area contributed by atoms with E-state index in [0.29, 0.717) is 12.2 Å². The molecule has 0 saturated heterocycles. The zero-order valence-corrected chi connectivity index (χ0v) is 11.2. The molecule has 96 valence electrons. The van der Waals surface area contributed by atoms with E-state index in [1.165, 1.54) is 25.7 Å². The van der Waals surface area contributed by atoms with Crippen LogP contribution in [0.1, 0.15) is 52.4 Å². The quantitative estimate of drug-likeness (QED) is 0.242. The molecule has 0 unspecified atom stereocenters. The number of aliphatic hydroxyl groups is 1. The molecule has 0 aromatic carbocycles. The van der Waals surface area contributed by atoms with Gasteiger partial charge in [0.2, 0.25) is 0 Å². The summed E-state index contributed by atoms with van der Waals surface area (Å²) in [5, 5.41) is 9.18. The van der Waals surface area contributed by atoms with Crippen molar-refractivity contribution in [3.05, 3.63) is 48.3 Å². The van der Waals surface area contributed by atoms with E-state index < -0.39 is 0 Å². The van der Waals surface area contributed by atoms with Crippen LogP contribution in [0.5, 0.6) is 0 Å². The van der Waals surface area contributed by atoms with Crippen molar-refractivity contribution < 1.29 is 5.11 Å². The number of aliphatic hydroxyl groups excluding tert-OH is 1. The fourth-order valence-electron chi connectivity index (χ4n) is 1.39. The third-order valence-corrected chi connectivity index (χ3v) is 2.49. The van der Waals surface area contributed by atoms with Gasteiger partial charge in [-0.2, -0.15) is 0 Å². The van der Waals surface area contributed by atoms with Gasteiger partial charge < -0.3 is 5.11 Å². The van der Waals surface area contributed by atoms with E-state index in [0.717, 1.165) is 6.42 Å². The van der Waals surface area contributed by atoms with Crippen molar-refractivity contribution in [2.24, 2.45) is 0 Å². The Bertz CT molecular complexity index is 269. The first-order chi connectivity index (χ1) is 8.31. The summed E-state index contributed by atoms with van der Waals surface area (Å²) in [7, 11) is 0. The van der Waals surface area contributed by atoms with Crippen LogP contribution in [0.4, 0.5) is 0 Å². The second kappa shape index (κ2) is 12.8. The smallest absolute Gasteiger partial charge is 0.0919 e. The molecule has 0 spiro atoms. The number of unbranched alkanes of at least 4 members (excludes halogenated alkanes) is 4. The molecule has 0 heterocycles. The summed E-state index contributed by atoms with van der Waals surface area (Å²) in [5.41, 5.74) is 0. The van der Waals surface area contributed by atoms with Crippen LogP contribution >= 0.6 is 0 Å². The first-order valence-electron chi connectivity index (χ1n) is 6.63. The first-order valence-corrected chi connectivity index (χ1v) is 6.63. The van der Waals surface area contributed by atoms with Crippen molar-refractivity contribution in [3.63, 3.8) is 0 Å². The van der Waals surface area contributed by atoms with Crippen LogP contribution < -0.4 is 0 Å². The highest BCUT2D eigenvalue weighted by Gasteiger charge is 1.84. The maximum absolute atomic E-state index is 9.18. The lowest BCUT2D eigenvalue weighted by atomic mass is 10.1. The van der Waals surface area contributed by atoms with Crippen LogP contribution in [-0.2, 0) is 0 Å². The molecule has 0 aliphatic heterocycles. The molecule has 0 amide bonds. The topological polar surface area (TPSA) is 20.2 Å². The standard InChI is InChI=1S/C16H26O/c1-3-5-6-7-8-9-10-11-12-13-14-15-16(17)4-2/h3,5,11-15,17H,4,6-10H2,1-2H3/b5-3+,12-11+,14-13+,16-15+. The lowest BCUT2D eigenvalue weighted by Crippen LogP contribution is -1.74. The Balaban J connectivity index is 3.42. The van der Waals surface area contributed by atoms with Crippen molar-refractivity contribution in [2.75, 3.05) is 0 Å². The molecule has 0 fully saturated rings. The predicted molar refractivity (Wildman–Crippen MR) is 77.2 cm³/mol. The van der Waals surface area contributed by atoms with Gasteiger partial charge >= 0.3 is 0 Å². The Morgan fingerprint density at radius 1 is 0.941 bits per heavy atom. The normalized spacial score (nSPS) is 13.4. The van der Waals surface area contributed by atoms with Gasteiger partial charge in [0, 0.05) is 6.42 Å². The molecule has 0 saturated carbocycles. The largest absolute Gasteiger partial charge is 0.512 e. The maximum atomic E-state index is 9.18. The molecular formula is C16H26O. The van der Waals surface area contributed by atoms with Gasteiger partial charge in [-0.1, -0.05) is 49.8 Å². The maximum Gasteiger partial charge on any atom is 0.0919 e. The highest BCUT2D eigenvalue weighted by atomic mass is 16.3. The minimum Gasteiger partial charge on any atom is -0.512 e. The number of rotatable bonds is 9. The molecule has 0 atom stereocenters. The minimum absolute atomic E-state index is 0.429. The number of allylic oxidation sites excluding steroid dienone is 8. The van der Waals surface area contributed by atoms with E-state index in [9.17, 15) is 5.11 Å². The summed E-state index contributed by atoms with van der Waals surface area (Å²) in [5.74, 6) is 0.429. The average Bonchev–Trinajstić information content (AvgIpc) is 2.35. The summed E-state index contributed by atoms with van der Waals surface area (Å²) in [6.45, 7) is 4.00. The van der Waals surface area contributed by atoms with Crippen LogP contribution in [0.25, 0.3) is 0 Å². The molecule has 1 heteroatoms. The van der Waals surface area contributed by atoms with E-state index in [1.54, 1.807) is 6.08 Å². The molecular weight excluding hydrogens is 208 g/mol. The van der Waals surface area contributed by atoms with Gasteiger partial charge in [-0.3, -0.25) is 0 Å². The molecule has 0 radical (unpaired) electrons. The molecule has 0 aromatic heterocycles. The zero-order valence-electron chi connectivity index (χ0n) is 11.2. The third kappa shape index (κ3) is 12.7. The fraction of sp³-hybridized carbons (Fsp3) is 0.500. The molecule has 0 bridgehead atoms. The fourth-order valence-corrected chi connectivity index (χ4v) is 1.39. The van der Waals surface area contributed by atoms with E-state index in [1.807, 2.05) is 25.2 Å². The van der Waals surface area contributed by atoms with Crippen molar-refractivity contribution in [1.82, 2.24) is 0 Å². The minimum atomic E-state index is 0.429. The monoisotopic (exact) mass is 234 g/mol. The summed E-state index contributed by atoms with van der Waals surface area (Å²) in [6.07, 6.45) is 21.1. The zero-order chi connectivity index (χ0) is 12.8. The van der Waals surface area contributed by atoms with Gasteiger partial charge in [-0.05, 0) is 38.7 Å². The van der Waals surface area contributed by atoms with Crippen LogP contribution in [0.2, 0.25) is 0 Å². The highest BCUT2D eigenvalue weighted by molar-refractivity contribution is 5.12. The Hall–Kier alpha value is -1.24. The van der Waals surface area contributed by atoms with Gasteiger partial charge in [0.25, 0.3) is 0 Å². The highest BCUT2D eigenvalue weighted by Crippen LogP contribution is 2.04. The molecule has 1 nitrogen and oxygen atoms in total. The van der Waals surface area contributed by atoms with Crippen molar-refractivity contribution in [1.29, 1.82) is 0 Å². The Kier molecular flexibility index (Phi) is 11.9. The molecule has 0 aromatic rings. The Labute approximate surface area is 106 Å².